The number of nitrogens with zero attached hydrogens (tertiary/aromatic N) is 2. The van der Waals surface area contributed by atoms with Gasteiger partial charge in [-0.05, 0) is 28.1 Å². The first kappa shape index (κ1) is 13.8. The number of ether oxygens (including phenoxy) is 2. The van der Waals surface area contributed by atoms with Gasteiger partial charge in [0.2, 0.25) is 0 Å². The van der Waals surface area contributed by atoms with Crippen molar-refractivity contribution in [3.8, 4) is 6.07 Å². The second kappa shape index (κ2) is 5.32. The Morgan fingerprint density at radius 3 is 2.50 bits per heavy atom. The zero-order valence-corrected chi connectivity index (χ0v) is 12.5. The summed E-state index contributed by atoms with van der Waals surface area (Å²) < 4.78 is 25.9. The molecule has 2 heterocycles. The molecule has 0 aliphatic carbocycles. The van der Waals surface area contributed by atoms with Gasteiger partial charge in [0.15, 0.2) is 11.6 Å². The zero-order chi connectivity index (χ0) is 14.2. The molecule has 2 fully saturated rings. The van der Waals surface area contributed by atoms with Crippen molar-refractivity contribution in [2.45, 2.75) is 18.6 Å². The molecule has 2 saturated heterocycles. The van der Waals surface area contributed by atoms with E-state index in [1.807, 2.05) is 11.0 Å². The first-order valence-corrected chi connectivity index (χ1v) is 7.35. The van der Waals surface area contributed by atoms with Crippen LogP contribution < -0.4 is 4.90 Å². The summed E-state index contributed by atoms with van der Waals surface area (Å²) in [5.74, 6) is -0.843. The van der Waals surface area contributed by atoms with E-state index in [0.717, 1.165) is 12.8 Å². The number of benzene rings is 1. The average molecular weight is 341 g/mol. The zero-order valence-electron chi connectivity index (χ0n) is 10.9. The Labute approximate surface area is 125 Å². The van der Waals surface area contributed by atoms with Gasteiger partial charge in [-0.1, -0.05) is 0 Å². The van der Waals surface area contributed by atoms with Gasteiger partial charge in [0.1, 0.15) is 6.07 Å². The van der Waals surface area contributed by atoms with Gasteiger partial charge in [-0.2, -0.15) is 5.26 Å². The summed E-state index contributed by atoms with van der Waals surface area (Å²) in [6.07, 6.45) is 1.45. The number of nitriles is 1. The summed E-state index contributed by atoms with van der Waals surface area (Å²) in [6.45, 7) is 2.62. The number of rotatable bonds is 1. The molecule has 0 amide bonds. The molecule has 2 aliphatic rings. The standard InChI is InChI=1S/C14H14BrFN2O2/c15-12-10(9-17)1-2-11(13(12)16)18-5-3-14(4-6-18)19-7-8-20-14/h1-2H,3-8H2. The largest absolute Gasteiger partial charge is 0.369 e. The summed E-state index contributed by atoms with van der Waals surface area (Å²) in [6, 6.07) is 5.25. The van der Waals surface area contributed by atoms with Crippen molar-refractivity contribution in [1.29, 1.82) is 5.26 Å². The molecular formula is C14H14BrFN2O2. The van der Waals surface area contributed by atoms with Crippen LogP contribution in [0.4, 0.5) is 10.1 Å². The van der Waals surface area contributed by atoms with Gasteiger partial charge < -0.3 is 14.4 Å². The third-order valence-corrected chi connectivity index (χ3v) is 4.64. The second-order valence-corrected chi connectivity index (χ2v) is 5.76. The van der Waals surface area contributed by atoms with Crippen LogP contribution >= 0.6 is 15.9 Å². The second-order valence-electron chi connectivity index (χ2n) is 4.97. The van der Waals surface area contributed by atoms with Gasteiger partial charge >= 0.3 is 0 Å². The monoisotopic (exact) mass is 340 g/mol. The Morgan fingerprint density at radius 2 is 1.90 bits per heavy atom. The summed E-state index contributed by atoms with van der Waals surface area (Å²) in [5, 5.41) is 8.89. The summed E-state index contributed by atoms with van der Waals surface area (Å²) in [7, 11) is 0. The van der Waals surface area contributed by atoms with Crippen LogP contribution in [0.3, 0.4) is 0 Å². The third kappa shape index (κ3) is 2.30. The van der Waals surface area contributed by atoms with Crippen LogP contribution in [-0.2, 0) is 9.47 Å². The molecule has 0 N–H and O–H groups in total. The SMILES string of the molecule is N#Cc1ccc(N2CCC3(CC2)OCCO3)c(F)c1Br. The minimum absolute atomic E-state index is 0.228. The molecule has 20 heavy (non-hydrogen) atoms. The molecule has 4 nitrogen and oxygen atoms in total. The van der Waals surface area contributed by atoms with Crippen LogP contribution in [0, 0.1) is 17.1 Å². The van der Waals surface area contributed by atoms with E-state index in [0.29, 0.717) is 37.6 Å². The van der Waals surface area contributed by atoms with Crippen LogP contribution in [0.5, 0.6) is 0 Å². The Balaban J connectivity index is 1.78. The van der Waals surface area contributed by atoms with Gasteiger partial charge in [-0.15, -0.1) is 0 Å². The summed E-state index contributed by atoms with van der Waals surface area (Å²) >= 11 is 3.14. The highest BCUT2D eigenvalue weighted by molar-refractivity contribution is 9.10. The molecule has 106 valence electrons. The molecule has 6 heteroatoms. The Morgan fingerprint density at radius 1 is 1.25 bits per heavy atom. The summed E-state index contributed by atoms with van der Waals surface area (Å²) in [5.41, 5.74) is 0.825. The molecule has 0 saturated carbocycles. The van der Waals surface area contributed by atoms with E-state index in [1.54, 1.807) is 12.1 Å². The van der Waals surface area contributed by atoms with E-state index in [-0.39, 0.29) is 10.3 Å². The Bertz CT molecular complexity index is 557. The fraction of sp³-hybridized carbons (Fsp3) is 0.500. The summed E-state index contributed by atoms with van der Waals surface area (Å²) in [4.78, 5) is 1.97. The topological polar surface area (TPSA) is 45.5 Å². The Hall–Kier alpha value is -1.16. The number of hydrogen-bond donors (Lipinski definition) is 0. The first-order valence-electron chi connectivity index (χ1n) is 6.56. The molecule has 0 bridgehead atoms. The highest BCUT2D eigenvalue weighted by atomic mass is 79.9. The van der Waals surface area contributed by atoms with Crippen LogP contribution in [0.25, 0.3) is 0 Å². The molecule has 1 aromatic carbocycles. The minimum atomic E-state index is -0.462. The average Bonchev–Trinajstić information content (AvgIpc) is 2.92. The minimum Gasteiger partial charge on any atom is -0.369 e. The lowest BCUT2D eigenvalue weighted by molar-refractivity contribution is -0.169. The van der Waals surface area contributed by atoms with E-state index in [4.69, 9.17) is 14.7 Å². The van der Waals surface area contributed by atoms with Gasteiger partial charge in [0.25, 0.3) is 0 Å². The molecule has 0 radical (unpaired) electrons. The lowest BCUT2D eigenvalue weighted by atomic mass is 10.0. The van der Waals surface area contributed by atoms with Gasteiger partial charge in [-0.3, -0.25) is 0 Å². The highest BCUT2D eigenvalue weighted by Crippen LogP contribution is 2.35. The van der Waals surface area contributed by atoms with E-state index >= 15 is 0 Å². The third-order valence-electron chi connectivity index (χ3n) is 3.86. The molecular weight excluding hydrogens is 327 g/mol. The Kier molecular flexibility index (Phi) is 3.67. The molecule has 2 aliphatic heterocycles. The van der Waals surface area contributed by atoms with Crippen molar-refractivity contribution in [2.75, 3.05) is 31.2 Å². The molecule has 0 atom stereocenters. The predicted octanol–water partition coefficient (Wildman–Crippen LogP) is 2.80. The van der Waals surface area contributed by atoms with E-state index in [1.165, 1.54) is 0 Å². The van der Waals surface area contributed by atoms with Gasteiger partial charge in [0.05, 0.1) is 28.9 Å². The van der Waals surface area contributed by atoms with E-state index in [2.05, 4.69) is 15.9 Å². The molecule has 1 aromatic rings. The highest BCUT2D eigenvalue weighted by Gasteiger charge is 2.40. The molecule has 1 spiro atoms. The number of piperidine rings is 1. The van der Waals surface area contributed by atoms with E-state index < -0.39 is 5.79 Å². The van der Waals surface area contributed by atoms with Crippen molar-refractivity contribution in [3.63, 3.8) is 0 Å². The smallest absolute Gasteiger partial charge is 0.171 e. The van der Waals surface area contributed by atoms with Crippen LogP contribution in [-0.4, -0.2) is 32.1 Å². The maximum atomic E-state index is 14.3. The van der Waals surface area contributed by atoms with Crippen molar-refractivity contribution >= 4 is 21.6 Å². The predicted molar refractivity (Wildman–Crippen MR) is 74.9 cm³/mol. The number of anilines is 1. The van der Waals surface area contributed by atoms with Gasteiger partial charge in [0, 0.05) is 25.9 Å². The maximum absolute atomic E-state index is 14.3. The van der Waals surface area contributed by atoms with Crippen molar-refractivity contribution < 1.29 is 13.9 Å². The number of halogens is 2. The molecule has 0 unspecified atom stereocenters. The maximum Gasteiger partial charge on any atom is 0.171 e. The van der Waals surface area contributed by atoms with Crippen LogP contribution in [0.2, 0.25) is 0 Å². The van der Waals surface area contributed by atoms with Crippen molar-refractivity contribution in [3.05, 3.63) is 28.0 Å². The lowest BCUT2D eigenvalue weighted by Crippen LogP contribution is -2.45. The lowest BCUT2D eigenvalue weighted by Gasteiger charge is -2.38. The van der Waals surface area contributed by atoms with Crippen LogP contribution in [0.1, 0.15) is 18.4 Å². The van der Waals surface area contributed by atoms with Gasteiger partial charge in [-0.25, -0.2) is 4.39 Å². The fourth-order valence-electron chi connectivity index (χ4n) is 2.74. The molecule has 0 aromatic heterocycles. The van der Waals surface area contributed by atoms with E-state index in [9.17, 15) is 4.39 Å². The first-order chi connectivity index (χ1) is 9.65. The fourth-order valence-corrected chi connectivity index (χ4v) is 3.17. The van der Waals surface area contributed by atoms with Crippen molar-refractivity contribution in [1.82, 2.24) is 0 Å². The number of hydrogen-bond acceptors (Lipinski definition) is 4. The van der Waals surface area contributed by atoms with Crippen molar-refractivity contribution in [2.24, 2.45) is 0 Å². The molecule has 3 rings (SSSR count). The quantitative estimate of drug-likeness (QED) is 0.788. The van der Waals surface area contributed by atoms with Crippen LogP contribution in [0.15, 0.2) is 16.6 Å². The normalized spacial score (nSPS) is 21.1.